The number of pyridine rings is 1. The molecule has 0 atom stereocenters. The number of aromatic hydroxyl groups is 1. The van der Waals surface area contributed by atoms with Crippen LogP contribution < -0.4 is 10.1 Å². The van der Waals surface area contributed by atoms with Crippen LogP contribution in [0.15, 0.2) is 36.5 Å². The van der Waals surface area contributed by atoms with Gasteiger partial charge in [0.2, 0.25) is 0 Å². The summed E-state index contributed by atoms with van der Waals surface area (Å²) in [6, 6.07) is 8.93. The fourth-order valence-electron chi connectivity index (χ4n) is 2.71. The lowest BCUT2D eigenvalue weighted by atomic mass is 10.1. The monoisotopic (exact) mass is 355 g/mol. The number of hydrogen-bond acceptors (Lipinski definition) is 6. The normalized spacial score (nSPS) is 10.7. The lowest BCUT2D eigenvalue weighted by Gasteiger charge is -2.10. The summed E-state index contributed by atoms with van der Waals surface area (Å²) in [6.07, 6.45) is 1.90. The largest absolute Gasteiger partial charge is 0.504 e. The van der Waals surface area contributed by atoms with Crippen molar-refractivity contribution in [3.05, 3.63) is 42.1 Å². The lowest BCUT2D eigenvalue weighted by molar-refractivity contribution is -0.140. The molecule has 0 spiro atoms. The molecule has 7 nitrogen and oxygen atoms in total. The zero-order valence-electron chi connectivity index (χ0n) is 14.9. The van der Waals surface area contributed by atoms with Crippen LogP contribution in [0, 0.1) is 6.92 Å². The van der Waals surface area contributed by atoms with E-state index in [0.717, 1.165) is 16.8 Å². The number of ether oxygens (including phenoxy) is 2. The standard InChI is InChI=1S/C19H21N3O4/c1-4-26-17(24)11-20-19-18(13-5-6-14(23)15(10-13)25-3)21-16-9-12(2)7-8-22(16)19/h5-10,20,23H,4,11H2,1-3H3. The van der Waals surface area contributed by atoms with Gasteiger partial charge in [0.25, 0.3) is 0 Å². The van der Waals surface area contributed by atoms with Crippen molar-refractivity contribution in [3.8, 4) is 22.8 Å². The Morgan fingerprint density at radius 3 is 2.85 bits per heavy atom. The molecule has 2 N–H and O–H groups in total. The van der Waals surface area contributed by atoms with Crippen molar-refractivity contribution in [1.82, 2.24) is 9.38 Å². The Hall–Kier alpha value is -3.22. The molecule has 136 valence electrons. The topological polar surface area (TPSA) is 85.1 Å². The van der Waals surface area contributed by atoms with Crippen LogP contribution in [0.4, 0.5) is 5.82 Å². The van der Waals surface area contributed by atoms with Crippen molar-refractivity contribution in [2.24, 2.45) is 0 Å². The number of carbonyl (C=O) groups is 1. The van der Waals surface area contributed by atoms with Gasteiger partial charge in [0.05, 0.1) is 13.7 Å². The van der Waals surface area contributed by atoms with Crippen molar-refractivity contribution in [2.75, 3.05) is 25.6 Å². The summed E-state index contributed by atoms with van der Waals surface area (Å²) in [5.41, 5.74) is 3.23. The Morgan fingerprint density at radius 2 is 2.12 bits per heavy atom. The van der Waals surface area contributed by atoms with Crippen molar-refractivity contribution >= 4 is 17.4 Å². The fraction of sp³-hybridized carbons (Fsp3) is 0.263. The van der Waals surface area contributed by atoms with Gasteiger partial charge in [-0.25, -0.2) is 4.98 Å². The Kier molecular flexibility index (Phi) is 4.97. The number of aromatic nitrogens is 2. The predicted molar refractivity (Wildman–Crippen MR) is 98.7 cm³/mol. The molecule has 0 unspecified atom stereocenters. The molecule has 7 heteroatoms. The number of phenols is 1. The highest BCUT2D eigenvalue weighted by Gasteiger charge is 2.17. The summed E-state index contributed by atoms with van der Waals surface area (Å²) in [4.78, 5) is 16.4. The average Bonchev–Trinajstić information content (AvgIpc) is 2.98. The van der Waals surface area contributed by atoms with E-state index in [9.17, 15) is 9.90 Å². The molecule has 1 aromatic carbocycles. The third kappa shape index (κ3) is 3.42. The molecular weight excluding hydrogens is 334 g/mol. The van der Waals surface area contributed by atoms with Gasteiger partial charge in [-0.15, -0.1) is 0 Å². The number of fused-ring (bicyclic) bond motifs is 1. The molecule has 26 heavy (non-hydrogen) atoms. The van der Waals surface area contributed by atoms with Gasteiger partial charge in [0.15, 0.2) is 11.5 Å². The molecule has 0 radical (unpaired) electrons. The van der Waals surface area contributed by atoms with E-state index in [4.69, 9.17) is 9.47 Å². The maximum Gasteiger partial charge on any atom is 0.325 e. The molecule has 2 aromatic heterocycles. The lowest BCUT2D eigenvalue weighted by Crippen LogP contribution is -2.17. The van der Waals surface area contributed by atoms with Gasteiger partial charge < -0.3 is 19.9 Å². The van der Waals surface area contributed by atoms with Gasteiger partial charge in [0, 0.05) is 11.8 Å². The highest BCUT2D eigenvalue weighted by molar-refractivity contribution is 5.81. The fourth-order valence-corrected chi connectivity index (χ4v) is 2.71. The van der Waals surface area contributed by atoms with Crippen LogP contribution in [0.2, 0.25) is 0 Å². The maximum absolute atomic E-state index is 11.8. The number of carbonyl (C=O) groups excluding carboxylic acids is 1. The second-order valence-corrected chi connectivity index (χ2v) is 5.79. The highest BCUT2D eigenvalue weighted by Crippen LogP contribution is 2.35. The van der Waals surface area contributed by atoms with Crippen molar-refractivity contribution in [3.63, 3.8) is 0 Å². The van der Waals surface area contributed by atoms with E-state index >= 15 is 0 Å². The third-order valence-corrected chi connectivity index (χ3v) is 3.94. The smallest absolute Gasteiger partial charge is 0.325 e. The summed E-state index contributed by atoms with van der Waals surface area (Å²) in [6.45, 7) is 4.11. The molecule has 0 aliphatic carbocycles. The van der Waals surface area contributed by atoms with Gasteiger partial charge in [-0.1, -0.05) is 0 Å². The Morgan fingerprint density at radius 1 is 1.31 bits per heavy atom. The minimum absolute atomic E-state index is 0.0255. The van der Waals surface area contributed by atoms with E-state index < -0.39 is 0 Å². The third-order valence-electron chi connectivity index (χ3n) is 3.94. The van der Waals surface area contributed by atoms with Crippen LogP contribution in [-0.4, -0.2) is 40.7 Å². The summed E-state index contributed by atoms with van der Waals surface area (Å²) in [5, 5.41) is 12.9. The van der Waals surface area contributed by atoms with Gasteiger partial charge in [-0.3, -0.25) is 9.20 Å². The number of nitrogens with zero attached hydrogens (tertiary/aromatic N) is 2. The molecule has 0 fully saturated rings. The maximum atomic E-state index is 11.8. The van der Waals surface area contributed by atoms with E-state index in [0.29, 0.717) is 23.9 Å². The van der Waals surface area contributed by atoms with Gasteiger partial charge in [-0.2, -0.15) is 0 Å². The van der Waals surface area contributed by atoms with Crippen LogP contribution in [0.3, 0.4) is 0 Å². The first-order chi connectivity index (χ1) is 12.5. The van der Waals surface area contributed by atoms with E-state index in [-0.39, 0.29) is 18.3 Å². The quantitative estimate of drug-likeness (QED) is 0.661. The molecule has 0 aliphatic rings. The van der Waals surface area contributed by atoms with Gasteiger partial charge in [0.1, 0.15) is 23.7 Å². The number of methoxy groups -OCH3 is 1. The molecule has 2 heterocycles. The second kappa shape index (κ2) is 7.35. The molecule has 0 aliphatic heterocycles. The van der Waals surface area contributed by atoms with Crippen LogP contribution in [0.1, 0.15) is 12.5 Å². The van der Waals surface area contributed by atoms with E-state index in [1.165, 1.54) is 7.11 Å². The second-order valence-electron chi connectivity index (χ2n) is 5.79. The van der Waals surface area contributed by atoms with E-state index in [1.54, 1.807) is 25.1 Å². The summed E-state index contributed by atoms with van der Waals surface area (Å²) < 4.78 is 12.1. The summed E-state index contributed by atoms with van der Waals surface area (Å²) in [5.74, 6) is 0.730. The zero-order chi connectivity index (χ0) is 18.7. The van der Waals surface area contributed by atoms with Crippen LogP contribution in [-0.2, 0) is 9.53 Å². The van der Waals surface area contributed by atoms with Crippen molar-refractivity contribution in [2.45, 2.75) is 13.8 Å². The van der Waals surface area contributed by atoms with E-state index in [2.05, 4.69) is 10.3 Å². The highest BCUT2D eigenvalue weighted by atomic mass is 16.5. The number of imidazole rings is 1. The van der Waals surface area contributed by atoms with Crippen LogP contribution >= 0.6 is 0 Å². The number of hydrogen-bond donors (Lipinski definition) is 2. The minimum atomic E-state index is -0.344. The number of benzene rings is 1. The number of rotatable bonds is 6. The van der Waals surface area contributed by atoms with Gasteiger partial charge >= 0.3 is 5.97 Å². The molecular formula is C19H21N3O4. The van der Waals surface area contributed by atoms with Crippen molar-refractivity contribution < 1.29 is 19.4 Å². The Balaban J connectivity index is 2.08. The summed E-state index contributed by atoms with van der Waals surface area (Å²) >= 11 is 0. The molecule has 0 amide bonds. The van der Waals surface area contributed by atoms with Crippen LogP contribution in [0.25, 0.3) is 16.9 Å². The first kappa shape index (κ1) is 17.6. The molecule has 3 aromatic rings. The Labute approximate surface area is 151 Å². The summed E-state index contributed by atoms with van der Waals surface area (Å²) in [7, 11) is 1.49. The molecule has 0 bridgehead atoms. The number of anilines is 1. The molecule has 0 saturated heterocycles. The average molecular weight is 355 g/mol. The predicted octanol–water partition coefficient (Wildman–Crippen LogP) is 3.00. The number of aryl methyl sites for hydroxylation is 1. The number of esters is 1. The number of phenolic OH excluding ortho intramolecular Hbond substituents is 1. The first-order valence-corrected chi connectivity index (χ1v) is 8.29. The van der Waals surface area contributed by atoms with Crippen LogP contribution in [0.5, 0.6) is 11.5 Å². The Bertz CT molecular complexity index is 949. The van der Waals surface area contributed by atoms with Crippen molar-refractivity contribution in [1.29, 1.82) is 0 Å². The molecule has 3 rings (SSSR count). The zero-order valence-corrected chi connectivity index (χ0v) is 14.9. The van der Waals surface area contributed by atoms with E-state index in [1.807, 2.05) is 29.7 Å². The first-order valence-electron chi connectivity index (χ1n) is 8.29. The minimum Gasteiger partial charge on any atom is -0.504 e. The molecule has 0 saturated carbocycles. The van der Waals surface area contributed by atoms with Gasteiger partial charge in [-0.05, 0) is 49.7 Å². The number of nitrogens with one attached hydrogen (secondary N) is 1. The SMILES string of the molecule is CCOC(=O)CNc1c(-c2ccc(O)c(OC)c2)nc2cc(C)ccn12.